The summed E-state index contributed by atoms with van der Waals surface area (Å²) in [6, 6.07) is 8.95. The van der Waals surface area contributed by atoms with Crippen LogP contribution in [0.4, 0.5) is 0 Å². The molecule has 13 nitrogen and oxygen atoms in total. The molecule has 272 valence electrons. The summed E-state index contributed by atoms with van der Waals surface area (Å²) in [7, 11) is 1.00. The van der Waals surface area contributed by atoms with Gasteiger partial charge in [0.2, 0.25) is 0 Å². The topological polar surface area (TPSA) is 217 Å². The average Bonchev–Trinajstić information content (AvgIpc) is 3.42. The molecule has 10 N–H and O–H groups in total. The van der Waals surface area contributed by atoms with Gasteiger partial charge in [0.05, 0.1) is 43.1 Å². The molecule has 0 saturated carbocycles. The van der Waals surface area contributed by atoms with E-state index in [1.807, 2.05) is 44.2 Å². The molecule has 14 atom stereocenters. The fourth-order valence-corrected chi connectivity index (χ4v) is 5.13. The van der Waals surface area contributed by atoms with Gasteiger partial charge in [-0.15, -0.1) is 12.4 Å². The average molecular weight is 765 g/mol. The van der Waals surface area contributed by atoms with Crippen molar-refractivity contribution in [1.29, 1.82) is 0 Å². The number of halogens is 1. The number of hydrogen-bond acceptors (Lipinski definition) is 13. The van der Waals surface area contributed by atoms with E-state index in [-0.39, 0.29) is 65.9 Å². The number of nitrogens with two attached hydrogens (primary N) is 1. The Morgan fingerprint density at radius 3 is 1.87 bits per heavy atom. The standard InChI is InChI=1S/C17H25NO5.C10H21NO5.CH4O.CH4.CH3.ClH.Pd/c1-3-12-14(19)15(20)17-16(22-12)13(18-23-17)10(2)21-9-11-7-5-4-6-8-11;1-3-5-7(13)8(14)9(15)10(16-5)6(11)4(2)12;1-2;;;;/h4-8,10,12-20H,3,9H2,1-2H3;4-10,12-15H,3,11H2,1-2H3;2H,1H3;1H4;1H3;1H;/q;;;;-1;;/t10-,12?,13-,14+,15+,16-,17?;4-,5?,6-,7+,8+,9?,10-;;;;;/m11...../s1. The van der Waals surface area contributed by atoms with Crippen LogP contribution < -0.4 is 11.2 Å². The molecule has 0 bridgehead atoms. The summed E-state index contributed by atoms with van der Waals surface area (Å²) in [4.78, 5) is 5.45. The van der Waals surface area contributed by atoms with E-state index in [0.717, 1.165) is 12.7 Å². The Bertz CT molecular complexity index is 866. The van der Waals surface area contributed by atoms with E-state index in [9.17, 15) is 30.6 Å². The number of hydroxylamine groups is 1. The van der Waals surface area contributed by atoms with Gasteiger partial charge in [-0.1, -0.05) is 51.6 Å². The minimum absolute atomic E-state index is 0. The van der Waals surface area contributed by atoms with Gasteiger partial charge in [-0.05, 0) is 32.3 Å². The molecule has 3 heterocycles. The molecule has 0 aliphatic carbocycles. The van der Waals surface area contributed by atoms with Crippen molar-refractivity contribution < 1.29 is 75.2 Å². The summed E-state index contributed by atoms with van der Waals surface area (Å²) in [6.07, 6.45) is -8.26. The molecule has 3 aliphatic rings. The van der Waals surface area contributed by atoms with Crippen molar-refractivity contribution in [3.8, 4) is 0 Å². The van der Waals surface area contributed by atoms with Crippen molar-refractivity contribution in [2.24, 2.45) is 5.73 Å². The van der Waals surface area contributed by atoms with Crippen molar-refractivity contribution in [1.82, 2.24) is 5.48 Å². The van der Waals surface area contributed by atoms with Gasteiger partial charge in [-0.2, -0.15) is 5.48 Å². The fourth-order valence-electron chi connectivity index (χ4n) is 5.13. The van der Waals surface area contributed by atoms with E-state index in [1.54, 1.807) is 6.92 Å². The SMILES string of the molecule is C.CCC1O[C@H]([C@H](N)[C@@H](C)O)C(O)[C@@H](O)[C@H]1O.CCC1O[C@H]2C(ON[C@@H]2[C@@H](C)OCc2ccccc2)[C@@H](O)[C@H]1O.CO.Cl.[CH3-].[Pd]. The number of nitrogens with one attached hydrogen (secondary N) is 1. The van der Waals surface area contributed by atoms with Gasteiger partial charge < -0.3 is 63.1 Å². The number of benzene rings is 1. The monoisotopic (exact) mass is 763 g/mol. The van der Waals surface area contributed by atoms with Gasteiger partial charge in [0.15, 0.2) is 0 Å². The number of ether oxygens (including phenoxy) is 3. The Morgan fingerprint density at radius 2 is 1.36 bits per heavy atom. The summed E-state index contributed by atoms with van der Waals surface area (Å²) in [5.74, 6) is 0. The van der Waals surface area contributed by atoms with Crippen LogP contribution in [0, 0.1) is 7.43 Å². The Kier molecular flexibility index (Phi) is 26.0. The summed E-state index contributed by atoms with van der Waals surface area (Å²) < 4.78 is 17.3. The molecule has 4 unspecified atom stereocenters. The largest absolute Gasteiger partial charge is 0.400 e. The van der Waals surface area contributed by atoms with Crippen LogP contribution in [-0.2, 0) is 46.1 Å². The minimum atomic E-state index is -1.30. The summed E-state index contributed by atoms with van der Waals surface area (Å²) in [6.45, 7) is 7.66. The maximum Gasteiger partial charge on any atom is 0.135 e. The summed E-state index contributed by atoms with van der Waals surface area (Å²) in [5.41, 5.74) is 9.69. The van der Waals surface area contributed by atoms with Crippen LogP contribution in [0.5, 0.6) is 0 Å². The maximum absolute atomic E-state index is 10.2. The van der Waals surface area contributed by atoms with Crippen molar-refractivity contribution >= 4 is 12.4 Å². The smallest absolute Gasteiger partial charge is 0.135 e. The minimum Gasteiger partial charge on any atom is -0.400 e. The Morgan fingerprint density at radius 1 is 0.844 bits per heavy atom. The molecule has 0 spiro atoms. The van der Waals surface area contributed by atoms with Gasteiger partial charge in [0.1, 0.15) is 48.8 Å². The molecule has 3 fully saturated rings. The van der Waals surface area contributed by atoms with Crippen LogP contribution in [0.25, 0.3) is 0 Å². The van der Waals surface area contributed by atoms with E-state index in [4.69, 9.17) is 29.9 Å². The van der Waals surface area contributed by atoms with Crippen molar-refractivity contribution in [2.75, 3.05) is 7.11 Å². The zero-order chi connectivity index (χ0) is 30.9. The second-order valence-corrected chi connectivity index (χ2v) is 10.6. The molecule has 1 aromatic rings. The van der Waals surface area contributed by atoms with E-state index in [1.165, 1.54) is 6.92 Å². The molecular formula is C30H58ClN2O11Pd-. The van der Waals surface area contributed by atoms with Gasteiger partial charge in [0.25, 0.3) is 0 Å². The molecule has 4 rings (SSSR count). The number of rotatable bonds is 8. The maximum atomic E-state index is 10.2. The zero-order valence-electron chi connectivity index (χ0n) is 26.2. The van der Waals surface area contributed by atoms with E-state index < -0.39 is 67.1 Å². The molecule has 0 amide bonds. The van der Waals surface area contributed by atoms with Crippen LogP contribution in [0.1, 0.15) is 53.5 Å². The number of fused-ring (bicyclic) bond motifs is 1. The van der Waals surface area contributed by atoms with Gasteiger partial charge in [-0.25, -0.2) is 0 Å². The molecule has 15 heteroatoms. The zero-order valence-corrected chi connectivity index (χ0v) is 28.5. The van der Waals surface area contributed by atoms with Crippen LogP contribution in [0.2, 0.25) is 0 Å². The molecule has 3 aliphatic heterocycles. The first-order valence-corrected chi connectivity index (χ1v) is 14.2. The third kappa shape index (κ3) is 12.6. The predicted octanol–water partition coefficient (Wildman–Crippen LogP) is -0.168. The number of hydrogen-bond donors (Lipinski definition) is 9. The summed E-state index contributed by atoms with van der Waals surface area (Å²) >= 11 is 0. The first-order chi connectivity index (χ1) is 19.5. The second-order valence-electron chi connectivity index (χ2n) is 10.6. The number of aliphatic hydroxyl groups is 7. The summed E-state index contributed by atoms with van der Waals surface area (Å²) in [5, 5.41) is 65.6. The Labute approximate surface area is 288 Å². The second kappa shape index (κ2) is 23.9. The van der Waals surface area contributed by atoms with Crippen molar-refractivity contribution in [3.63, 3.8) is 0 Å². The Balaban J connectivity index is -0.000000719. The van der Waals surface area contributed by atoms with Crippen LogP contribution in [0.3, 0.4) is 0 Å². The van der Waals surface area contributed by atoms with Gasteiger partial charge in [-0.3, -0.25) is 4.84 Å². The van der Waals surface area contributed by atoms with Crippen molar-refractivity contribution in [3.05, 3.63) is 43.3 Å². The fraction of sp³-hybridized carbons (Fsp3) is 0.767. The normalized spacial score (nSPS) is 35.4. The van der Waals surface area contributed by atoms with E-state index >= 15 is 0 Å². The molecular weight excluding hydrogens is 706 g/mol. The molecule has 0 radical (unpaired) electrons. The van der Waals surface area contributed by atoms with Crippen LogP contribution in [-0.4, -0.2) is 128 Å². The van der Waals surface area contributed by atoms with Crippen molar-refractivity contribution in [2.45, 2.75) is 140 Å². The molecule has 1 aromatic carbocycles. The predicted molar refractivity (Wildman–Crippen MR) is 169 cm³/mol. The number of aliphatic hydroxyl groups excluding tert-OH is 7. The third-order valence-electron chi connectivity index (χ3n) is 7.77. The van der Waals surface area contributed by atoms with E-state index in [2.05, 4.69) is 5.48 Å². The molecule has 0 aromatic heterocycles. The quantitative estimate of drug-likeness (QED) is 0.124. The third-order valence-corrected chi connectivity index (χ3v) is 7.77. The van der Waals surface area contributed by atoms with Crippen LogP contribution >= 0.6 is 12.4 Å². The van der Waals surface area contributed by atoms with Gasteiger partial charge in [0, 0.05) is 27.5 Å². The van der Waals surface area contributed by atoms with E-state index in [0.29, 0.717) is 19.4 Å². The first-order valence-electron chi connectivity index (χ1n) is 14.2. The molecule has 3 saturated heterocycles. The molecule has 45 heavy (non-hydrogen) atoms. The van der Waals surface area contributed by atoms with Gasteiger partial charge >= 0.3 is 0 Å². The first kappa shape index (κ1) is 49.0. The van der Waals surface area contributed by atoms with Crippen LogP contribution in [0.15, 0.2) is 30.3 Å². The Hall–Kier alpha value is -0.348.